The van der Waals surface area contributed by atoms with Crippen molar-refractivity contribution in [2.45, 2.75) is 4.58 Å². The summed E-state index contributed by atoms with van der Waals surface area (Å²) in [6.07, 6.45) is 0. The summed E-state index contributed by atoms with van der Waals surface area (Å²) in [6, 6.07) is 7.85. The van der Waals surface area contributed by atoms with Crippen LogP contribution in [0.2, 0.25) is 0 Å². The van der Waals surface area contributed by atoms with Gasteiger partial charge in [-0.2, -0.15) is 17.0 Å². The molecular weight excluding hydrogens is 378 g/mol. The Bertz CT molecular complexity index is 708. The molecule has 2 saturated heterocycles. The molecule has 0 aliphatic carbocycles. The number of benzene rings is 1. The maximum Gasteiger partial charge on any atom is 0.281 e. The molecule has 2 fully saturated rings. The van der Waals surface area contributed by atoms with Gasteiger partial charge in [0.15, 0.2) is 0 Å². The zero-order valence-electron chi connectivity index (χ0n) is 14.4. The van der Waals surface area contributed by atoms with Crippen LogP contribution < -0.4 is 0 Å². The number of piperazine rings is 1. The first-order valence-electron chi connectivity index (χ1n) is 8.19. The molecule has 1 amide bonds. The largest absolute Gasteiger partial charge is 0.336 e. The van der Waals surface area contributed by atoms with Crippen LogP contribution in [0.5, 0.6) is 0 Å². The summed E-state index contributed by atoms with van der Waals surface area (Å²) in [5.41, 5.74) is 1.92. The van der Waals surface area contributed by atoms with E-state index in [1.165, 1.54) is 39.8 Å². The van der Waals surface area contributed by atoms with E-state index in [-0.39, 0.29) is 5.91 Å². The van der Waals surface area contributed by atoms with Crippen molar-refractivity contribution in [1.82, 2.24) is 13.5 Å². The lowest BCUT2D eigenvalue weighted by molar-refractivity contribution is 0.0695. The van der Waals surface area contributed by atoms with E-state index in [2.05, 4.69) is 0 Å². The van der Waals surface area contributed by atoms with Gasteiger partial charge in [0.25, 0.3) is 16.1 Å². The molecule has 1 aromatic rings. The van der Waals surface area contributed by atoms with Gasteiger partial charge in [-0.25, -0.2) is 0 Å². The third-order valence-electron chi connectivity index (χ3n) is 4.37. The highest BCUT2D eigenvalue weighted by molar-refractivity contribution is 8.19. The lowest BCUT2D eigenvalue weighted by atomic mass is 10.1. The van der Waals surface area contributed by atoms with Crippen LogP contribution in [-0.4, -0.2) is 79.6 Å². The topological polar surface area (TPSA) is 60.9 Å². The Balaban J connectivity index is 1.61. The van der Waals surface area contributed by atoms with Gasteiger partial charge in [0, 0.05) is 57.3 Å². The van der Waals surface area contributed by atoms with Crippen molar-refractivity contribution < 1.29 is 13.2 Å². The molecule has 2 aliphatic rings. The highest BCUT2D eigenvalue weighted by atomic mass is 32.2. The molecule has 25 heavy (non-hydrogen) atoms. The second-order valence-corrected chi connectivity index (χ2v) is 11.0. The second kappa shape index (κ2) is 7.87. The summed E-state index contributed by atoms with van der Waals surface area (Å²) in [7, 11) is -0.358. The summed E-state index contributed by atoms with van der Waals surface area (Å²) in [5, 5.41) is 0. The third-order valence-corrected chi connectivity index (χ3v) is 9.41. The van der Waals surface area contributed by atoms with Crippen molar-refractivity contribution in [3.63, 3.8) is 0 Å². The van der Waals surface area contributed by atoms with Crippen molar-refractivity contribution in [2.24, 2.45) is 0 Å². The van der Waals surface area contributed by atoms with Gasteiger partial charge in [-0.15, -0.1) is 23.5 Å². The summed E-state index contributed by atoms with van der Waals surface area (Å²) < 4.78 is 27.4. The molecule has 9 heteroatoms. The number of carbonyl (C=O) groups excluding carboxylic acids is 1. The van der Waals surface area contributed by atoms with Gasteiger partial charge >= 0.3 is 0 Å². The van der Waals surface area contributed by atoms with E-state index in [1.54, 1.807) is 4.90 Å². The van der Waals surface area contributed by atoms with E-state index >= 15 is 0 Å². The Hall–Kier alpha value is -0.740. The Kier molecular flexibility index (Phi) is 5.99. The molecule has 2 heterocycles. The number of hydrogen-bond donors (Lipinski definition) is 0. The summed E-state index contributed by atoms with van der Waals surface area (Å²) in [5.74, 6) is 2.33. The fourth-order valence-electron chi connectivity index (χ4n) is 2.87. The van der Waals surface area contributed by atoms with Crippen molar-refractivity contribution in [3.8, 4) is 0 Å². The van der Waals surface area contributed by atoms with Crippen LogP contribution in [0.1, 0.15) is 20.5 Å². The lowest BCUT2D eigenvalue weighted by Crippen LogP contribution is -2.53. The number of carbonyl (C=O) groups is 1. The van der Waals surface area contributed by atoms with Crippen molar-refractivity contribution >= 4 is 39.6 Å². The van der Waals surface area contributed by atoms with Crippen LogP contribution >= 0.6 is 23.5 Å². The molecule has 138 valence electrons. The highest BCUT2D eigenvalue weighted by Crippen LogP contribution is 2.45. The second-order valence-electron chi connectivity index (χ2n) is 6.18. The molecule has 0 N–H and O–H groups in total. The van der Waals surface area contributed by atoms with Crippen LogP contribution in [0, 0.1) is 0 Å². The first-order valence-corrected chi connectivity index (χ1v) is 11.7. The zero-order chi connectivity index (χ0) is 18.0. The van der Waals surface area contributed by atoms with Crippen LogP contribution in [0.3, 0.4) is 0 Å². The molecule has 0 radical (unpaired) electrons. The maximum absolute atomic E-state index is 12.7. The molecule has 2 aliphatic heterocycles. The van der Waals surface area contributed by atoms with Gasteiger partial charge in [0.1, 0.15) is 0 Å². The average Bonchev–Trinajstić information content (AvgIpc) is 3.16. The number of hydrogen-bond acceptors (Lipinski definition) is 5. The number of nitrogens with zero attached hydrogens (tertiary/aromatic N) is 3. The SMILES string of the molecule is CN(C)S(=O)(=O)N1CCN(C(=O)c2ccc(C3SCCS3)cc2)CC1. The van der Waals surface area contributed by atoms with Crippen molar-refractivity contribution in [3.05, 3.63) is 35.4 Å². The molecule has 0 saturated carbocycles. The smallest absolute Gasteiger partial charge is 0.281 e. The van der Waals surface area contributed by atoms with Crippen LogP contribution in [0.4, 0.5) is 0 Å². The van der Waals surface area contributed by atoms with Gasteiger partial charge in [0.05, 0.1) is 4.58 Å². The van der Waals surface area contributed by atoms with E-state index in [0.29, 0.717) is 36.3 Å². The van der Waals surface area contributed by atoms with E-state index in [9.17, 15) is 13.2 Å². The van der Waals surface area contributed by atoms with Gasteiger partial charge in [-0.3, -0.25) is 4.79 Å². The predicted octanol–water partition coefficient (Wildman–Crippen LogP) is 1.73. The van der Waals surface area contributed by atoms with Gasteiger partial charge in [0.2, 0.25) is 0 Å². The molecule has 0 spiro atoms. The van der Waals surface area contributed by atoms with E-state index in [1.807, 2.05) is 47.8 Å². The Morgan fingerprint density at radius 2 is 1.60 bits per heavy atom. The summed E-state index contributed by atoms with van der Waals surface area (Å²) in [6.45, 7) is 1.50. The standard InChI is InChI=1S/C16H23N3O3S3/c1-17(2)25(21,22)19-9-7-18(8-10-19)15(20)13-3-5-14(6-4-13)16-23-11-12-24-16/h3-6,16H,7-12H2,1-2H3. The van der Waals surface area contributed by atoms with Crippen LogP contribution in [-0.2, 0) is 10.2 Å². The minimum absolute atomic E-state index is 0.0276. The molecule has 0 atom stereocenters. The molecule has 6 nitrogen and oxygen atoms in total. The molecule has 3 rings (SSSR count). The van der Waals surface area contributed by atoms with Gasteiger partial charge in [-0.1, -0.05) is 12.1 Å². The normalized spacial score (nSPS) is 20.4. The van der Waals surface area contributed by atoms with Gasteiger partial charge < -0.3 is 4.90 Å². The van der Waals surface area contributed by atoms with Crippen molar-refractivity contribution in [1.29, 1.82) is 0 Å². The van der Waals surface area contributed by atoms with Crippen LogP contribution in [0.25, 0.3) is 0 Å². The minimum Gasteiger partial charge on any atom is -0.336 e. The maximum atomic E-state index is 12.7. The Morgan fingerprint density at radius 1 is 1.04 bits per heavy atom. The highest BCUT2D eigenvalue weighted by Gasteiger charge is 2.30. The first-order chi connectivity index (χ1) is 11.9. The average molecular weight is 402 g/mol. The number of thioether (sulfide) groups is 2. The lowest BCUT2D eigenvalue weighted by Gasteiger charge is -2.35. The summed E-state index contributed by atoms with van der Waals surface area (Å²) in [4.78, 5) is 14.4. The van der Waals surface area contributed by atoms with Gasteiger partial charge in [-0.05, 0) is 17.7 Å². The molecule has 0 unspecified atom stereocenters. The monoisotopic (exact) mass is 401 g/mol. The molecule has 0 aromatic heterocycles. The summed E-state index contributed by atoms with van der Waals surface area (Å²) >= 11 is 3.89. The Morgan fingerprint density at radius 3 is 2.12 bits per heavy atom. The Labute approximate surface area is 158 Å². The first kappa shape index (κ1) is 19.0. The van der Waals surface area contributed by atoms with E-state index in [4.69, 9.17) is 0 Å². The quantitative estimate of drug-likeness (QED) is 0.769. The third kappa shape index (κ3) is 4.16. The fourth-order valence-corrected chi connectivity index (χ4v) is 6.82. The number of rotatable bonds is 4. The molecular formula is C16H23N3O3S3. The predicted molar refractivity (Wildman–Crippen MR) is 104 cm³/mol. The van der Waals surface area contributed by atoms with Crippen LogP contribution in [0.15, 0.2) is 24.3 Å². The zero-order valence-corrected chi connectivity index (χ0v) is 16.9. The fraction of sp³-hybridized carbons (Fsp3) is 0.562. The molecule has 1 aromatic carbocycles. The van der Waals surface area contributed by atoms with E-state index < -0.39 is 10.2 Å². The molecule has 0 bridgehead atoms. The number of amides is 1. The van der Waals surface area contributed by atoms with Crippen molar-refractivity contribution in [2.75, 3.05) is 51.8 Å². The van der Waals surface area contributed by atoms with E-state index in [0.717, 1.165) is 0 Å². The minimum atomic E-state index is -3.40.